The summed E-state index contributed by atoms with van der Waals surface area (Å²) in [6.45, 7) is 1.78. The molecule has 0 atom stereocenters. The van der Waals surface area contributed by atoms with Crippen molar-refractivity contribution in [3.8, 4) is 0 Å². The second kappa shape index (κ2) is 6.15. The van der Waals surface area contributed by atoms with Gasteiger partial charge in [-0.05, 0) is 31.9 Å². The fourth-order valence-corrected chi connectivity index (χ4v) is 2.89. The quantitative estimate of drug-likeness (QED) is 0.832. The highest BCUT2D eigenvalue weighted by molar-refractivity contribution is 5.99. The molecule has 0 aliphatic heterocycles. The molecule has 0 amide bonds. The summed E-state index contributed by atoms with van der Waals surface area (Å²) in [5.74, 6) is -0.525. The van der Waals surface area contributed by atoms with Gasteiger partial charge in [-0.1, -0.05) is 18.9 Å². The van der Waals surface area contributed by atoms with E-state index in [1.54, 1.807) is 12.1 Å². The van der Waals surface area contributed by atoms with E-state index in [4.69, 9.17) is 0 Å². The van der Waals surface area contributed by atoms with Crippen LogP contribution in [0.2, 0.25) is 0 Å². The van der Waals surface area contributed by atoms with Crippen LogP contribution in [0.3, 0.4) is 0 Å². The van der Waals surface area contributed by atoms with Crippen LogP contribution in [-0.2, 0) is 0 Å². The zero-order chi connectivity index (χ0) is 13.8. The number of benzene rings is 1. The highest BCUT2D eigenvalue weighted by Crippen LogP contribution is 2.32. The van der Waals surface area contributed by atoms with Crippen molar-refractivity contribution in [1.82, 2.24) is 0 Å². The van der Waals surface area contributed by atoms with Crippen LogP contribution < -0.4 is 4.90 Å². The number of halogens is 1. The molecule has 19 heavy (non-hydrogen) atoms. The number of rotatable bonds is 5. The van der Waals surface area contributed by atoms with Gasteiger partial charge in [0.2, 0.25) is 0 Å². The molecule has 4 heteroatoms. The summed E-state index contributed by atoms with van der Waals surface area (Å²) < 4.78 is 14.2. The van der Waals surface area contributed by atoms with Crippen molar-refractivity contribution in [3.63, 3.8) is 0 Å². The average Bonchev–Trinajstić information content (AvgIpc) is 2.89. The Bertz CT molecular complexity index is 455. The SMILES string of the molecule is CC(=O)c1cccc(F)c1N(CCO)C1CCCC1. The summed E-state index contributed by atoms with van der Waals surface area (Å²) in [4.78, 5) is 13.6. The van der Waals surface area contributed by atoms with E-state index in [0.29, 0.717) is 17.8 Å². The average molecular weight is 265 g/mol. The Morgan fingerprint density at radius 2 is 2.11 bits per heavy atom. The molecule has 1 fully saturated rings. The van der Waals surface area contributed by atoms with Crippen LogP contribution in [-0.4, -0.2) is 30.1 Å². The Hall–Kier alpha value is -1.42. The first-order valence-corrected chi connectivity index (χ1v) is 6.82. The zero-order valence-corrected chi connectivity index (χ0v) is 11.2. The summed E-state index contributed by atoms with van der Waals surface area (Å²) in [6, 6.07) is 4.81. The van der Waals surface area contributed by atoms with Gasteiger partial charge >= 0.3 is 0 Å². The second-order valence-corrected chi connectivity index (χ2v) is 5.05. The van der Waals surface area contributed by atoms with Gasteiger partial charge in [0.15, 0.2) is 5.78 Å². The molecule has 1 aromatic rings. The normalized spacial score (nSPS) is 15.7. The van der Waals surface area contributed by atoms with Gasteiger partial charge in [-0.15, -0.1) is 0 Å². The molecule has 0 spiro atoms. The van der Waals surface area contributed by atoms with Crippen LogP contribution in [0.25, 0.3) is 0 Å². The Kier molecular flexibility index (Phi) is 4.53. The van der Waals surface area contributed by atoms with E-state index in [1.165, 1.54) is 13.0 Å². The van der Waals surface area contributed by atoms with E-state index in [9.17, 15) is 14.3 Å². The van der Waals surface area contributed by atoms with Crippen LogP contribution in [0.4, 0.5) is 10.1 Å². The summed E-state index contributed by atoms with van der Waals surface area (Å²) in [6.07, 6.45) is 4.23. The number of nitrogens with zero attached hydrogens (tertiary/aromatic N) is 1. The van der Waals surface area contributed by atoms with E-state index in [-0.39, 0.29) is 24.2 Å². The van der Waals surface area contributed by atoms with E-state index in [2.05, 4.69) is 0 Å². The number of hydrogen-bond donors (Lipinski definition) is 1. The Morgan fingerprint density at radius 1 is 1.42 bits per heavy atom. The standard InChI is InChI=1S/C15H20FNO2/c1-11(19)13-7-4-8-14(16)15(13)17(9-10-18)12-5-2-3-6-12/h4,7-8,12,18H,2-3,5-6,9-10H2,1H3. The van der Waals surface area contributed by atoms with Gasteiger partial charge in [-0.25, -0.2) is 4.39 Å². The number of ketones is 1. The topological polar surface area (TPSA) is 40.5 Å². The molecule has 1 aliphatic rings. The number of Topliss-reactive ketones (excluding diaryl/α,β-unsaturated/α-hetero) is 1. The second-order valence-electron chi connectivity index (χ2n) is 5.05. The minimum Gasteiger partial charge on any atom is -0.395 e. The molecule has 1 aromatic carbocycles. The van der Waals surface area contributed by atoms with Crippen LogP contribution in [0.5, 0.6) is 0 Å². The van der Waals surface area contributed by atoms with Gasteiger partial charge in [0.1, 0.15) is 5.82 Å². The van der Waals surface area contributed by atoms with Gasteiger partial charge < -0.3 is 10.0 Å². The highest BCUT2D eigenvalue weighted by Gasteiger charge is 2.27. The van der Waals surface area contributed by atoms with Crippen LogP contribution >= 0.6 is 0 Å². The lowest BCUT2D eigenvalue weighted by Crippen LogP contribution is -2.37. The van der Waals surface area contributed by atoms with Crippen molar-refractivity contribution in [2.45, 2.75) is 38.6 Å². The zero-order valence-electron chi connectivity index (χ0n) is 11.2. The van der Waals surface area contributed by atoms with Crippen molar-refractivity contribution in [3.05, 3.63) is 29.6 Å². The molecule has 1 saturated carbocycles. The molecule has 0 aromatic heterocycles. The van der Waals surface area contributed by atoms with Gasteiger partial charge in [-0.2, -0.15) is 0 Å². The highest BCUT2D eigenvalue weighted by atomic mass is 19.1. The van der Waals surface area contributed by atoms with E-state index < -0.39 is 0 Å². The number of hydrogen-bond acceptors (Lipinski definition) is 3. The van der Waals surface area contributed by atoms with E-state index in [0.717, 1.165) is 25.7 Å². The number of carbonyl (C=O) groups is 1. The molecular formula is C15H20FNO2. The number of carbonyl (C=O) groups excluding carboxylic acids is 1. The molecule has 0 bridgehead atoms. The molecular weight excluding hydrogens is 245 g/mol. The minimum absolute atomic E-state index is 0.0395. The van der Waals surface area contributed by atoms with Crippen molar-refractivity contribution in [2.24, 2.45) is 0 Å². The summed E-state index contributed by atoms with van der Waals surface area (Å²) in [5.41, 5.74) is 0.760. The van der Waals surface area contributed by atoms with Crippen LogP contribution in [0, 0.1) is 5.82 Å². The fraction of sp³-hybridized carbons (Fsp3) is 0.533. The third kappa shape index (κ3) is 2.95. The largest absolute Gasteiger partial charge is 0.395 e. The first kappa shape index (κ1) is 14.0. The molecule has 1 N–H and O–H groups in total. The maximum atomic E-state index is 14.2. The van der Waals surface area contributed by atoms with E-state index in [1.807, 2.05) is 4.90 Å². The first-order valence-electron chi connectivity index (χ1n) is 6.82. The number of anilines is 1. The maximum Gasteiger partial charge on any atom is 0.161 e. The van der Waals surface area contributed by atoms with Gasteiger partial charge in [0, 0.05) is 18.2 Å². The summed E-state index contributed by atoms with van der Waals surface area (Å²) >= 11 is 0. The Labute approximate surface area is 113 Å². The van der Waals surface area contributed by atoms with Crippen molar-refractivity contribution in [2.75, 3.05) is 18.1 Å². The fourth-order valence-electron chi connectivity index (χ4n) is 2.89. The Morgan fingerprint density at radius 3 is 2.68 bits per heavy atom. The summed E-state index contributed by atoms with van der Waals surface area (Å²) in [7, 11) is 0. The smallest absolute Gasteiger partial charge is 0.161 e. The molecule has 0 radical (unpaired) electrons. The molecule has 3 nitrogen and oxygen atoms in total. The monoisotopic (exact) mass is 265 g/mol. The molecule has 2 rings (SSSR count). The first-order chi connectivity index (χ1) is 9.15. The minimum atomic E-state index is -0.381. The molecule has 0 saturated heterocycles. The predicted octanol–water partition coefficient (Wildman–Crippen LogP) is 2.77. The third-order valence-electron chi connectivity index (χ3n) is 3.76. The predicted molar refractivity (Wildman–Crippen MR) is 73.1 cm³/mol. The molecule has 0 heterocycles. The Balaban J connectivity index is 2.42. The van der Waals surface area contributed by atoms with Crippen LogP contribution in [0.1, 0.15) is 43.0 Å². The lowest BCUT2D eigenvalue weighted by Gasteiger charge is -2.32. The molecule has 104 valence electrons. The molecule has 1 aliphatic carbocycles. The lowest BCUT2D eigenvalue weighted by atomic mass is 10.1. The number of para-hydroxylation sites is 1. The number of aliphatic hydroxyl groups excluding tert-OH is 1. The van der Waals surface area contributed by atoms with Gasteiger partial charge in [-0.3, -0.25) is 4.79 Å². The lowest BCUT2D eigenvalue weighted by molar-refractivity contribution is 0.101. The maximum absolute atomic E-state index is 14.2. The van der Waals surface area contributed by atoms with Gasteiger partial charge in [0.25, 0.3) is 0 Å². The van der Waals surface area contributed by atoms with Gasteiger partial charge in [0.05, 0.1) is 12.3 Å². The molecule has 0 unspecified atom stereocenters. The van der Waals surface area contributed by atoms with Crippen LogP contribution in [0.15, 0.2) is 18.2 Å². The van der Waals surface area contributed by atoms with Crippen molar-refractivity contribution in [1.29, 1.82) is 0 Å². The number of aliphatic hydroxyl groups is 1. The van der Waals surface area contributed by atoms with Crippen molar-refractivity contribution >= 4 is 11.5 Å². The third-order valence-corrected chi connectivity index (χ3v) is 3.76. The van der Waals surface area contributed by atoms with Crippen molar-refractivity contribution < 1.29 is 14.3 Å². The summed E-state index contributed by atoms with van der Waals surface area (Å²) in [5, 5.41) is 9.23. The van der Waals surface area contributed by atoms with E-state index >= 15 is 0 Å².